The minimum atomic E-state index is -0.433. The Bertz CT molecular complexity index is 610. The van der Waals surface area contributed by atoms with Crippen LogP contribution in [-0.2, 0) is 6.54 Å². The van der Waals surface area contributed by atoms with Gasteiger partial charge >= 0.3 is 0 Å². The monoisotopic (exact) mass is 292 g/mol. The number of hydrogen-bond donors (Lipinski definition) is 1. The highest BCUT2D eigenvalue weighted by Crippen LogP contribution is 2.31. The lowest BCUT2D eigenvalue weighted by molar-refractivity contribution is 0.301. The number of furan rings is 1. The fourth-order valence-electron chi connectivity index (χ4n) is 2.13. The standard InChI is InChI=1S/C16H21FN2O2/c1-4-6-21-16-9-15(14(18)8-13(16)17)19(3)10-12-5-7-20-11(12)2/h5,7-9H,4,6,10,18H2,1-3H3. The Hall–Kier alpha value is -2.17. The molecule has 0 bridgehead atoms. The second kappa shape index (κ2) is 6.52. The van der Waals surface area contributed by atoms with Gasteiger partial charge < -0.3 is 19.8 Å². The maximum absolute atomic E-state index is 13.8. The first-order valence-corrected chi connectivity index (χ1v) is 6.98. The molecule has 1 heterocycles. The first kappa shape index (κ1) is 15.2. The third kappa shape index (κ3) is 3.48. The first-order valence-electron chi connectivity index (χ1n) is 6.98. The van der Waals surface area contributed by atoms with Crippen molar-refractivity contribution < 1.29 is 13.5 Å². The van der Waals surface area contributed by atoms with Crippen LogP contribution in [0, 0.1) is 12.7 Å². The fraction of sp³-hybridized carbons (Fsp3) is 0.375. The Morgan fingerprint density at radius 2 is 2.14 bits per heavy atom. The van der Waals surface area contributed by atoms with Crippen molar-refractivity contribution in [3.8, 4) is 5.75 Å². The van der Waals surface area contributed by atoms with E-state index in [4.69, 9.17) is 14.9 Å². The maximum atomic E-state index is 13.8. The number of rotatable bonds is 6. The highest BCUT2D eigenvalue weighted by Gasteiger charge is 2.14. The zero-order valence-electron chi connectivity index (χ0n) is 12.6. The van der Waals surface area contributed by atoms with Gasteiger partial charge in [-0.25, -0.2) is 4.39 Å². The lowest BCUT2D eigenvalue weighted by Crippen LogP contribution is -2.18. The molecule has 0 saturated heterocycles. The molecular formula is C16H21FN2O2. The molecular weight excluding hydrogens is 271 g/mol. The van der Waals surface area contributed by atoms with Crippen molar-refractivity contribution in [3.63, 3.8) is 0 Å². The van der Waals surface area contributed by atoms with Crippen molar-refractivity contribution in [2.24, 2.45) is 0 Å². The van der Waals surface area contributed by atoms with Crippen LogP contribution in [0.5, 0.6) is 5.75 Å². The molecule has 0 radical (unpaired) electrons. The van der Waals surface area contributed by atoms with Crippen LogP contribution in [0.2, 0.25) is 0 Å². The Kier molecular flexibility index (Phi) is 4.73. The van der Waals surface area contributed by atoms with Gasteiger partial charge in [-0.1, -0.05) is 6.92 Å². The fourth-order valence-corrected chi connectivity index (χ4v) is 2.13. The van der Waals surface area contributed by atoms with E-state index in [-0.39, 0.29) is 5.75 Å². The molecule has 5 heteroatoms. The van der Waals surface area contributed by atoms with Gasteiger partial charge in [0.05, 0.1) is 24.2 Å². The van der Waals surface area contributed by atoms with Crippen LogP contribution >= 0.6 is 0 Å². The quantitative estimate of drug-likeness (QED) is 0.824. The SMILES string of the molecule is CCCOc1cc(N(C)Cc2ccoc2C)c(N)cc1F. The van der Waals surface area contributed by atoms with E-state index in [0.717, 1.165) is 23.4 Å². The molecule has 0 saturated carbocycles. The van der Waals surface area contributed by atoms with Crippen LogP contribution in [-0.4, -0.2) is 13.7 Å². The second-order valence-electron chi connectivity index (χ2n) is 5.05. The predicted octanol–water partition coefficient (Wildman–Crippen LogP) is 3.73. The minimum absolute atomic E-state index is 0.233. The Balaban J connectivity index is 2.23. The number of ether oxygens (including phenoxy) is 1. The Labute approximate surface area is 124 Å². The lowest BCUT2D eigenvalue weighted by Gasteiger charge is -2.22. The van der Waals surface area contributed by atoms with Gasteiger partial charge in [0, 0.05) is 31.3 Å². The van der Waals surface area contributed by atoms with Gasteiger partial charge in [-0.3, -0.25) is 0 Å². The van der Waals surface area contributed by atoms with E-state index < -0.39 is 5.82 Å². The predicted molar refractivity (Wildman–Crippen MR) is 82.2 cm³/mol. The van der Waals surface area contributed by atoms with E-state index in [1.165, 1.54) is 6.07 Å². The third-order valence-corrected chi connectivity index (χ3v) is 3.33. The van der Waals surface area contributed by atoms with Crippen molar-refractivity contribution >= 4 is 11.4 Å². The van der Waals surface area contributed by atoms with Gasteiger partial charge in [0.1, 0.15) is 5.76 Å². The van der Waals surface area contributed by atoms with Crippen molar-refractivity contribution in [2.45, 2.75) is 26.8 Å². The van der Waals surface area contributed by atoms with Gasteiger partial charge in [0.25, 0.3) is 0 Å². The first-order chi connectivity index (χ1) is 10.0. The Morgan fingerprint density at radius 3 is 2.76 bits per heavy atom. The summed E-state index contributed by atoms with van der Waals surface area (Å²) in [4.78, 5) is 1.95. The topological polar surface area (TPSA) is 51.6 Å². The number of anilines is 2. The summed E-state index contributed by atoms with van der Waals surface area (Å²) in [5, 5.41) is 0. The third-order valence-electron chi connectivity index (χ3n) is 3.33. The summed E-state index contributed by atoms with van der Waals surface area (Å²) in [7, 11) is 1.90. The molecule has 0 atom stereocenters. The summed E-state index contributed by atoms with van der Waals surface area (Å²) in [6.07, 6.45) is 2.48. The molecule has 0 aliphatic heterocycles. The van der Waals surface area contributed by atoms with Crippen molar-refractivity contribution in [2.75, 3.05) is 24.3 Å². The molecule has 0 amide bonds. The lowest BCUT2D eigenvalue weighted by atomic mass is 10.2. The van der Waals surface area contributed by atoms with E-state index in [9.17, 15) is 4.39 Å². The number of halogens is 1. The highest BCUT2D eigenvalue weighted by atomic mass is 19.1. The van der Waals surface area contributed by atoms with Crippen LogP contribution in [0.4, 0.5) is 15.8 Å². The van der Waals surface area contributed by atoms with Gasteiger partial charge in [0.2, 0.25) is 0 Å². The molecule has 2 aromatic rings. The van der Waals surface area contributed by atoms with Gasteiger partial charge in [-0.15, -0.1) is 0 Å². The summed E-state index contributed by atoms with van der Waals surface area (Å²) in [6, 6.07) is 4.87. The molecule has 4 nitrogen and oxygen atoms in total. The minimum Gasteiger partial charge on any atom is -0.490 e. The molecule has 2 N–H and O–H groups in total. The highest BCUT2D eigenvalue weighted by molar-refractivity contribution is 5.69. The van der Waals surface area contributed by atoms with Gasteiger partial charge in [-0.05, 0) is 19.4 Å². The van der Waals surface area contributed by atoms with E-state index in [1.807, 2.05) is 31.9 Å². The number of nitrogens with zero attached hydrogens (tertiary/aromatic N) is 1. The van der Waals surface area contributed by atoms with Gasteiger partial charge in [-0.2, -0.15) is 0 Å². The summed E-state index contributed by atoms with van der Waals surface area (Å²) in [5.74, 6) is 0.666. The molecule has 0 fully saturated rings. The molecule has 0 spiro atoms. The molecule has 1 aromatic heterocycles. The normalized spacial score (nSPS) is 10.7. The average molecular weight is 292 g/mol. The van der Waals surface area contributed by atoms with Crippen LogP contribution in [0.25, 0.3) is 0 Å². The molecule has 114 valence electrons. The number of nitrogen functional groups attached to an aromatic ring is 1. The average Bonchev–Trinajstić information content (AvgIpc) is 2.83. The van der Waals surface area contributed by atoms with E-state index in [0.29, 0.717) is 18.8 Å². The van der Waals surface area contributed by atoms with Crippen molar-refractivity contribution in [1.29, 1.82) is 0 Å². The largest absolute Gasteiger partial charge is 0.490 e. The zero-order valence-corrected chi connectivity index (χ0v) is 12.6. The molecule has 1 aromatic carbocycles. The second-order valence-corrected chi connectivity index (χ2v) is 5.05. The van der Waals surface area contributed by atoms with Crippen LogP contribution in [0.1, 0.15) is 24.7 Å². The number of hydrogen-bond acceptors (Lipinski definition) is 4. The van der Waals surface area contributed by atoms with Crippen molar-refractivity contribution in [3.05, 3.63) is 41.6 Å². The van der Waals surface area contributed by atoms with Crippen LogP contribution in [0.3, 0.4) is 0 Å². The smallest absolute Gasteiger partial charge is 0.167 e. The van der Waals surface area contributed by atoms with E-state index >= 15 is 0 Å². The maximum Gasteiger partial charge on any atom is 0.167 e. The van der Waals surface area contributed by atoms with Crippen LogP contribution < -0.4 is 15.4 Å². The zero-order chi connectivity index (χ0) is 15.4. The summed E-state index contributed by atoms with van der Waals surface area (Å²) >= 11 is 0. The Morgan fingerprint density at radius 1 is 1.38 bits per heavy atom. The molecule has 0 aliphatic rings. The molecule has 0 aliphatic carbocycles. The number of benzene rings is 1. The van der Waals surface area contributed by atoms with Crippen LogP contribution in [0.15, 0.2) is 28.9 Å². The number of nitrogens with two attached hydrogens (primary N) is 1. The summed E-state index contributed by atoms with van der Waals surface area (Å²) in [6.45, 7) is 4.99. The summed E-state index contributed by atoms with van der Waals surface area (Å²) < 4.78 is 24.5. The molecule has 21 heavy (non-hydrogen) atoms. The van der Waals surface area contributed by atoms with Crippen molar-refractivity contribution in [1.82, 2.24) is 0 Å². The number of aryl methyl sites for hydroxylation is 1. The summed E-state index contributed by atoms with van der Waals surface area (Å²) in [5.41, 5.74) is 8.12. The molecule has 0 unspecified atom stereocenters. The molecule has 2 rings (SSSR count). The van der Waals surface area contributed by atoms with Gasteiger partial charge in [0.15, 0.2) is 11.6 Å². The van der Waals surface area contributed by atoms with E-state index in [1.54, 1.807) is 12.3 Å². The van der Waals surface area contributed by atoms with E-state index in [2.05, 4.69) is 0 Å².